The molecule has 0 bridgehead atoms. The van der Waals surface area contributed by atoms with E-state index in [9.17, 15) is 13.0 Å². The first kappa shape index (κ1) is 28.5. The molecule has 0 aromatic heterocycles. The number of unbranched alkanes of at least 4 members (excludes halogenated alkanes) is 10. The van der Waals surface area contributed by atoms with Gasteiger partial charge < -0.3 is 4.55 Å². The van der Waals surface area contributed by atoms with Crippen molar-refractivity contribution in [3.8, 4) is 0 Å². The van der Waals surface area contributed by atoms with E-state index in [1.54, 1.807) is 0 Å². The van der Waals surface area contributed by atoms with Crippen LogP contribution in [0.15, 0.2) is 12.2 Å². The Balaban J connectivity index is 0. The number of allylic oxidation sites excluding steroid dienone is 1. The van der Waals surface area contributed by atoms with Gasteiger partial charge in [0.15, 0.2) is 0 Å². The fourth-order valence-corrected chi connectivity index (χ4v) is 3.09. The van der Waals surface area contributed by atoms with Crippen LogP contribution >= 0.6 is 0 Å². The van der Waals surface area contributed by atoms with E-state index in [0.29, 0.717) is 0 Å². The number of rotatable bonds is 17. The molecule has 0 N–H and O–H groups in total. The SMILES string of the molecule is CCCCCC/C=C/C(CCCCCCCCC)COS(=O)(=O)[O-].[K+]. The number of hydrogen-bond donors (Lipinski definition) is 0. The standard InChI is InChI=1S/C19H38O4S.K/c1-3-5-7-9-11-13-15-17-19(18-23-24(20,21)22)16-14-12-10-8-6-4-2;/h14,16,19H,3-13,15,17-18H2,1-2H3,(H,20,21,22);/q;+1/p-1/b16-14+;. The number of hydrogen-bond acceptors (Lipinski definition) is 4. The van der Waals surface area contributed by atoms with E-state index < -0.39 is 10.4 Å². The molecule has 0 spiro atoms. The molecule has 0 fully saturated rings. The second-order valence-electron chi connectivity index (χ2n) is 6.64. The van der Waals surface area contributed by atoms with E-state index in [1.165, 1.54) is 51.4 Å². The third kappa shape index (κ3) is 23.2. The molecule has 0 heterocycles. The predicted molar refractivity (Wildman–Crippen MR) is 99.6 cm³/mol. The predicted octanol–water partition coefficient (Wildman–Crippen LogP) is 2.75. The Labute approximate surface area is 198 Å². The van der Waals surface area contributed by atoms with Crippen molar-refractivity contribution in [3.05, 3.63) is 12.2 Å². The molecule has 4 nitrogen and oxygen atoms in total. The first-order valence-corrected chi connectivity index (χ1v) is 11.1. The smallest absolute Gasteiger partial charge is 0.726 e. The van der Waals surface area contributed by atoms with Crippen molar-refractivity contribution in [2.45, 2.75) is 97.3 Å². The van der Waals surface area contributed by atoms with Crippen molar-refractivity contribution in [3.63, 3.8) is 0 Å². The van der Waals surface area contributed by atoms with Crippen LogP contribution in [0.25, 0.3) is 0 Å². The molecule has 1 unspecified atom stereocenters. The molecule has 0 aliphatic heterocycles. The zero-order valence-electron chi connectivity index (χ0n) is 16.7. The minimum absolute atomic E-state index is 0. The van der Waals surface area contributed by atoms with E-state index in [2.05, 4.69) is 24.1 Å². The molecule has 144 valence electrons. The molecule has 6 heteroatoms. The van der Waals surface area contributed by atoms with E-state index >= 15 is 0 Å². The molecular formula is C19H37KO4S. The maximum Gasteiger partial charge on any atom is 1.00 e. The molecule has 0 rings (SSSR count). The third-order valence-corrected chi connectivity index (χ3v) is 4.66. The Morgan fingerprint density at radius 2 is 1.40 bits per heavy atom. The Hall–Kier alpha value is 1.25. The summed E-state index contributed by atoms with van der Waals surface area (Å²) in [6.45, 7) is 4.38. The van der Waals surface area contributed by atoms with Gasteiger partial charge in [-0.05, 0) is 19.3 Å². The zero-order valence-corrected chi connectivity index (χ0v) is 20.6. The second kappa shape index (κ2) is 20.0. The minimum Gasteiger partial charge on any atom is -0.726 e. The van der Waals surface area contributed by atoms with Gasteiger partial charge in [0.05, 0.1) is 6.61 Å². The average molecular weight is 401 g/mol. The van der Waals surface area contributed by atoms with E-state index in [1.807, 2.05) is 6.08 Å². The van der Waals surface area contributed by atoms with Crippen LogP contribution in [-0.2, 0) is 14.6 Å². The zero-order chi connectivity index (χ0) is 18.1. The Morgan fingerprint density at radius 3 is 1.96 bits per heavy atom. The summed E-state index contributed by atoms with van der Waals surface area (Å²) in [5, 5.41) is 0. The molecule has 0 radical (unpaired) electrons. The second-order valence-corrected chi connectivity index (χ2v) is 7.69. The maximum atomic E-state index is 10.7. The van der Waals surface area contributed by atoms with Gasteiger partial charge in [0, 0.05) is 5.92 Å². The minimum atomic E-state index is -4.59. The summed E-state index contributed by atoms with van der Waals surface area (Å²) < 4.78 is 36.4. The molecule has 25 heavy (non-hydrogen) atoms. The van der Waals surface area contributed by atoms with Crippen molar-refractivity contribution in [2.24, 2.45) is 5.92 Å². The van der Waals surface area contributed by atoms with Gasteiger partial charge in [-0.25, -0.2) is 8.42 Å². The van der Waals surface area contributed by atoms with Gasteiger partial charge in [-0.15, -0.1) is 0 Å². The average Bonchev–Trinajstić information content (AvgIpc) is 2.53. The van der Waals surface area contributed by atoms with Gasteiger partial charge in [0.2, 0.25) is 10.4 Å². The molecule has 0 aromatic rings. The van der Waals surface area contributed by atoms with Crippen LogP contribution in [0.5, 0.6) is 0 Å². The first-order chi connectivity index (χ1) is 11.5. The fourth-order valence-electron chi connectivity index (χ4n) is 2.75. The van der Waals surface area contributed by atoms with Crippen LogP contribution in [0, 0.1) is 5.92 Å². The molecule has 0 saturated heterocycles. The van der Waals surface area contributed by atoms with Crippen molar-refractivity contribution in [1.82, 2.24) is 0 Å². The molecule has 0 aromatic carbocycles. The van der Waals surface area contributed by atoms with Crippen LogP contribution in [0.4, 0.5) is 0 Å². The Bertz CT molecular complexity index is 396. The van der Waals surface area contributed by atoms with Gasteiger partial charge in [-0.3, -0.25) is 4.18 Å². The van der Waals surface area contributed by atoms with Crippen molar-refractivity contribution >= 4 is 10.4 Å². The maximum absolute atomic E-state index is 10.7. The normalized spacial score (nSPS) is 13.1. The monoisotopic (exact) mass is 400 g/mol. The molecule has 0 amide bonds. The van der Waals surface area contributed by atoms with E-state index in [0.717, 1.165) is 32.1 Å². The summed E-state index contributed by atoms with van der Waals surface area (Å²) in [6, 6.07) is 0. The summed E-state index contributed by atoms with van der Waals surface area (Å²) in [6.07, 6.45) is 19.5. The van der Waals surface area contributed by atoms with Crippen molar-refractivity contribution in [1.29, 1.82) is 0 Å². The van der Waals surface area contributed by atoms with Gasteiger partial charge in [-0.1, -0.05) is 90.2 Å². The van der Waals surface area contributed by atoms with Gasteiger partial charge in [0.1, 0.15) is 0 Å². The van der Waals surface area contributed by atoms with Crippen LogP contribution in [0.3, 0.4) is 0 Å². The molecule has 1 atom stereocenters. The summed E-state index contributed by atoms with van der Waals surface area (Å²) in [5.74, 6) is 0.0236. The van der Waals surface area contributed by atoms with Gasteiger partial charge in [0.25, 0.3) is 0 Å². The quantitative estimate of drug-likeness (QED) is 0.124. The summed E-state index contributed by atoms with van der Waals surface area (Å²) in [7, 11) is -4.59. The Kier molecular flexibility index (Phi) is 22.8. The summed E-state index contributed by atoms with van der Waals surface area (Å²) in [4.78, 5) is 0. The topological polar surface area (TPSA) is 66.4 Å². The van der Waals surface area contributed by atoms with Crippen molar-refractivity contribution < 1.29 is 68.5 Å². The largest absolute Gasteiger partial charge is 1.00 e. The Morgan fingerprint density at radius 1 is 0.880 bits per heavy atom. The van der Waals surface area contributed by atoms with Crippen LogP contribution < -0.4 is 51.4 Å². The van der Waals surface area contributed by atoms with Crippen LogP contribution in [0.1, 0.15) is 97.3 Å². The summed E-state index contributed by atoms with van der Waals surface area (Å²) >= 11 is 0. The fraction of sp³-hybridized carbons (Fsp3) is 0.895. The van der Waals surface area contributed by atoms with Gasteiger partial charge >= 0.3 is 51.4 Å². The van der Waals surface area contributed by atoms with E-state index in [4.69, 9.17) is 0 Å². The van der Waals surface area contributed by atoms with Crippen LogP contribution in [-0.4, -0.2) is 19.6 Å². The summed E-state index contributed by atoms with van der Waals surface area (Å²) in [5.41, 5.74) is 0. The molecule has 0 aliphatic rings. The van der Waals surface area contributed by atoms with E-state index in [-0.39, 0.29) is 63.9 Å². The molecule has 0 aliphatic carbocycles. The van der Waals surface area contributed by atoms with Gasteiger partial charge in [-0.2, -0.15) is 0 Å². The van der Waals surface area contributed by atoms with Crippen molar-refractivity contribution in [2.75, 3.05) is 6.61 Å². The molecular weight excluding hydrogens is 363 g/mol. The third-order valence-electron chi connectivity index (χ3n) is 4.24. The van der Waals surface area contributed by atoms with Crippen LogP contribution in [0.2, 0.25) is 0 Å². The first-order valence-electron chi connectivity index (χ1n) is 9.76. The molecule has 0 saturated carbocycles.